The lowest BCUT2D eigenvalue weighted by atomic mass is 10.2. The van der Waals surface area contributed by atoms with Crippen molar-refractivity contribution in [3.05, 3.63) is 63.6 Å². The standard InChI is InChI=1S/C21H21Cl2NO5/c1-24(12-15-4-7-16(22)17(23)10-15)20(25)13-29-21(26)9-6-14-5-8-18(27-2)19(11-14)28-3/h4-11H,12-13H2,1-3H3/b9-6+. The van der Waals surface area contributed by atoms with E-state index in [0.717, 1.165) is 11.1 Å². The quantitative estimate of drug-likeness (QED) is 0.456. The molecular formula is C21H21Cl2NO5. The maximum absolute atomic E-state index is 12.2. The van der Waals surface area contributed by atoms with Gasteiger partial charge in [0.15, 0.2) is 18.1 Å². The van der Waals surface area contributed by atoms with Gasteiger partial charge in [-0.25, -0.2) is 4.79 Å². The number of carbonyl (C=O) groups is 2. The molecule has 0 aliphatic carbocycles. The molecule has 2 aromatic rings. The van der Waals surface area contributed by atoms with Gasteiger partial charge in [-0.15, -0.1) is 0 Å². The summed E-state index contributed by atoms with van der Waals surface area (Å²) in [6.45, 7) is -0.0539. The summed E-state index contributed by atoms with van der Waals surface area (Å²) in [5.41, 5.74) is 1.54. The molecule has 0 aromatic heterocycles. The van der Waals surface area contributed by atoms with E-state index in [1.165, 1.54) is 18.1 Å². The van der Waals surface area contributed by atoms with Gasteiger partial charge < -0.3 is 19.1 Å². The van der Waals surface area contributed by atoms with E-state index in [0.29, 0.717) is 28.1 Å². The zero-order valence-electron chi connectivity index (χ0n) is 16.3. The third-order valence-corrected chi connectivity index (χ3v) is 4.73. The van der Waals surface area contributed by atoms with E-state index < -0.39 is 5.97 Å². The second-order valence-electron chi connectivity index (χ2n) is 6.05. The van der Waals surface area contributed by atoms with Gasteiger partial charge in [0.2, 0.25) is 0 Å². The van der Waals surface area contributed by atoms with Crippen LogP contribution in [0, 0.1) is 0 Å². The van der Waals surface area contributed by atoms with Crippen LogP contribution in [0.3, 0.4) is 0 Å². The molecule has 1 amide bonds. The Morgan fingerprint density at radius 1 is 1.00 bits per heavy atom. The van der Waals surface area contributed by atoms with Gasteiger partial charge in [-0.05, 0) is 41.5 Å². The molecule has 154 valence electrons. The Bertz CT molecular complexity index is 914. The van der Waals surface area contributed by atoms with Gasteiger partial charge in [0.05, 0.1) is 24.3 Å². The number of likely N-dealkylation sites (N-methyl/N-ethyl adjacent to an activating group) is 1. The van der Waals surface area contributed by atoms with Gasteiger partial charge in [-0.1, -0.05) is 35.3 Å². The summed E-state index contributed by atoms with van der Waals surface area (Å²) in [6.07, 6.45) is 2.81. The molecule has 0 atom stereocenters. The highest BCUT2D eigenvalue weighted by Crippen LogP contribution is 2.28. The molecule has 2 rings (SSSR count). The molecule has 6 nitrogen and oxygen atoms in total. The zero-order chi connectivity index (χ0) is 21.4. The van der Waals surface area contributed by atoms with Gasteiger partial charge in [-0.2, -0.15) is 0 Å². The zero-order valence-corrected chi connectivity index (χ0v) is 17.8. The lowest BCUT2D eigenvalue weighted by Gasteiger charge is -2.17. The highest BCUT2D eigenvalue weighted by atomic mass is 35.5. The molecule has 0 N–H and O–H groups in total. The van der Waals surface area contributed by atoms with Crippen molar-refractivity contribution in [2.75, 3.05) is 27.9 Å². The van der Waals surface area contributed by atoms with Crippen LogP contribution in [0.5, 0.6) is 11.5 Å². The van der Waals surface area contributed by atoms with Crippen molar-refractivity contribution in [1.82, 2.24) is 4.90 Å². The van der Waals surface area contributed by atoms with E-state index in [-0.39, 0.29) is 12.5 Å². The monoisotopic (exact) mass is 437 g/mol. The van der Waals surface area contributed by atoms with Crippen LogP contribution >= 0.6 is 23.2 Å². The van der Waals surface area contributed by atoms with Crippen molar-refractivity contribution < 1.29 is 23.8 Å². The first-order valence-electron chi connectivity index (χ1n) is 8.58. The second kappa shape index (κ2) is 10.7. The van der Waals surface area contributed by atoms with Crippen molar-refractivity contribution in [3.8, 4) is 11.5 Å². The maximum Gasteiger partial charge on any atom is 0.331 e. The molecule has 0 radical (unpaired) electrons. The summed E-state index contributed by atoms with van der Waals surface area (Å²) in [4.78, 5) is 25.5. The summed E-state index contributed by atoms with van der Waals surface area (Å²) in [6, 6.07) is 10.3. The fourth-order valence-corrected chi connectivity index (χ4v) is 2.73. The van der Waals surface area contributed by atoms with Crippen LogP contribution in [-0.2, 0) is 20.9 Å². The fraction of sp³-hybridized carbons (Fsp3) is 0.238. The van der Waals surface area contributed by atoms with Crippen LogP contribution in [0.15, 0.2) is 42.5 Å². The van der Waals surface area contributed by atoms with E-state index in [4.69, 9.17) is 37.4 Å². The predicted molar refractivity (Wildman–Crippen MR) is 112 cm³/mol. The minimum Gasteiger partial charge on any atom is -0.493 e. The Kier molecular flexibility index (Phi) is 8.36. The van der Waals surface area contributed by atoms with Crippen molar-refractivity contribution in [1.29, 1.82) is 0 Å². The average Bonchev–Trinajstić information content (AvgIpc) is 2.72. The average molecular weight is 438 g/mol. The minimum absolute atomic E-state index is 0.314. The number of ether oxygens (including phenoxy) is 3. The molecule has 0 aliphatic rings. The van der Waals surface area contributed by atoms with Gasteiger partial charge in [0.1, 0.15) is 0 Å². The molecule has 0 fully saturated rings. The van der Waals surface area contributed by atoms with Crippen LogP contribution in [0.25, 0.3) is 6.08 Å². The number of hydrogen-bond acceptors (Lipinski definition) is 5. The number of hydrogen-bond donors (Lipinski definition) is 0. The number of methoxy groups -OCH3 is 2. The van der Waals surface area contributed by atoms with Gasteiger partial charge >= 0.3 is 5.97 Å². The molecule has 0 heterocycles. The first kappa shape index (κ1) is 22.6. The van der Waals surface area contributed by atoms with E-state index in [1.54, 1.807) is 56.6 Å². The van der Waals surface area contributed by atoms with Gasteiger partial charge in [0.25, 0.3) is 5.91 Å². The molecule has 0 spiro atoms. The SMILES string of the molecule is COc1ccc(/C=C/C(=O)OCC(=O)N(C)Cc2ccc(Cl)c(Cl)c2)cc1OC. The largest absolute Gasteiger partial charge is 0.493 e. The minimum atomic E-state index is -0.629. The van der Waals surface area contributed by atoms with Crippen LogP contribution in [0.1, 0.15) is 11.1 Å². The van der Waals surface area contributed by atoms with Crippen LogP contribution in [0.2, 0.25) is 10.0 Å². The lowest BCUT2D eigenvalue weighted by Crippen LogP contribution is -2.30. The summed E-state index contributed by atoms with van der Waals surface area (Å²) >= 11 is 11.9. The molecule has 8 heteroatoms. The Labute approximate surface area is 179 Å². The molecule has 2 aromatic carbocycles. The third kappa shape index (κ3) is 6.69. The Balaban J connectivity index is 1.86. The first-order chi connectivity index (χ1) is 13.8. The highest BCUT2D eigenvalue weighted by molar-refractivity contribution is 6.42. The number of rotatable bonds is 8. The molecular weight excluding hydrogens is 417 g/mol. The van der Waals surface area contributed by atoms with E-state index in [2.05, 4.69) is 0 Å². The number of esters is 1. The molecule has 0 bridgehead atoms. The number of halogens is 2. The summed E-state index contributed by atoms with van der Waals surface area (Å²) in [5.74, 6) is 0.157. The Hall–Kier alpha value is -2.70. The lowest BCUT2D eigenvalue weighted by molar-refractivity contribution is -0.147. The highest BCUT2D eigenvalue weighted by Gasteiger charge is 2.12. The Morgan fingerprint density at radius 3 is 2.38 bits per heavy atom. The summed E-state index contributed by atoms with van der Waals surface area (Å²) in [7, 11) is 4.68. The molecule has 0 saturated heterocycles. The van der Waals surface area contributed by atoms with E-state index >= 15 is 0 Å². The summed E-state index contributed by atoms with van der Waals surface area (Å²) in [5, 5.41) is 0.858. The number of nitrogens with zero attached hydrogens (tertiary/aromatic N) is 1. The van der Waals surface area contributed by atoms with E-state index in [1.807, 2.05) is 0 Å². The molecule has 29 heavy (non-hydrogen) atoms. The second-order valence-corrected chi connectivity index (χ2v) is 6.87. The van der Waals surface area contributed by atoms with Crippen molar-refractivity contribution >= 4 is 41.2 Å². The maximum atomic E-state index is 12.2. The van der Waals surface area contributed by atoms with Crippen LogP contribution < -0.4 is 9.47 Å². The fourth-order valence-electron chi connectivity index (χ4n) is 2.41. The van der Waals surface area contributed by atoms with Crippen molar-refractivity contribution in [2.24, 2.45) is 0 Å². The first-order valence-corrected chi connectivity index (χ1v) is 9.34. The van der Waals surface area contributed by atoms with Gasteiger partial charge in [0, 0.05) is 19.7 Å². The number of carbonyl (C=O) groups excluding carboxylic acids is 2. The normalized spacial score (nSPS) is 10.7. The van der Waals surface area contributed by atoms with Crippen molar-refractivity contribution in [2.45, 2.75) is 6.54 Å². The van der Waals surface area contributed by atoms with Gasteiger partial charge in [-0.3, -0.25) is 4.79 Å². The topological polar surface area (TPSA) is 65.1 Å². The van der Waals surface area contributed by atoms with Crippen LogP contribution in [0.4, 0.5) is 0 Å². The van der Waals surface area contributed by atoms with Crippen LogP contribution in [-0.4, -0.2) is 44.7 Å². The molecule has 0 aliphatic heterocycles. The third-order valence-electron chi connectivity index (χ3n) is 3.99. The van der Waals surface area contributed by atoms with Crippen molar-refractivity contribution in [3.63, 3.8) is 0 Å². The molecule has 0 saturated carbocycles. The predicted octanol–water partition coefficient (Wildman–Crippen LogP) is 4.23. The van der Waals surface area contributed by atoms with E-state index in [9.17, 15) is 9.59 Å². The molecule has 0 unspecified atom stereocenters. The Morgan fingerprint density at radius 2 is 1.72 bits per heavy atom. The summed E-state index contributed by atoms with van der Waals surface area (Å²) < 4.78 is 15.4. The number of amides is 1. The number of benzene rings is 2. The smallest absolute Gasteiger partial charge is 0.331 e.